The number of nitrogens with one attached hydrogen (secondary N) is 1. The summed E-state index contributed by atoms with van der Waals surface area (Å²) in [5, 5.41) is 2.70. The van der Waals surface area contributed by atoms with Crippen LogP contribution in [0.25, 0.3) is 4.96 Å². The molecule has 122 valence electrons. The highest BCUT2D eigenvalue weighted by Crippen LogP contribution is 2.28. The summed E-state index contributed by atoms with van der Waals surface area (Å²) >= 11 is 1.58. The predicted octanol–water partition coefficient (Wildman–Crippen LogP) is 3.20. The highest BCUT2D eigenvalue weighted by atomic mass is 32.1. The molecule has 4 rings (SSSR count). The Balaban J connectivity index is 1.72. The second kappa shape index (κ2) is 5.87. The van der Waals surface area contributed by atoms with Gasteiger partial charge in [-0.15, -0.1) is 11.3 Å². The Morgan fingerprint density at radius 2 is 1.96 bits per heavy atom. The number of aryl methyl sites for hydroxylation is 3. The number of fused-ring (bicyclic) bond motifs is 3. The van der Waals surface area contributed by atoms with Crippen molar-refractivity contribution >= 4 is 27.9 Å². The highest BCUT2D eigenvalue weighted by molar-refractivity contribution is 7.17. The van der Waals surface area contributed by atoms with Crippen molar-refractivity contribution in [2.24, 2.45) is 0 Å². The number of nitrogens with zero attached hydrogens (tertiary/aromatic N) is 2. The molecule has 0 spiro atoms. The number of hydrogen-bond acceptors (Lipinski definition) is 4. The van der Waals surface area contributed by atoms with Crippen LogP contribution in [-0.2, 0) is 12.8 Å². The van der Waals surface area contributed by atoms with E-state index in [0.717, 1.165) is 36.9 Å². The van der Waals surface area contributed by atoms with Gasteiger partial charge in [-0.2, -0.15) is 0 Å². The Morgan fingerprint density at radius 3 is 2.75 bits per heavy atom. The maximum Gasteiger partial charge on any atom is 0.282 e. The van der Waals surface area contributed by atoms with Crippen molar-refractivity contribution in [3.05, 3.63) is 62.5 Å². The maximum atomic E-state index is 12.8. The third kappa shape index (κ3) is 2.53. The van der Waals surface area contributed by atoms with Gasteiger partial charge in [0.05, 0.1) is 6.20 Å². The van der Waals surface area contributed by atoms with Gasteiger partial charge < -0.3 is 5.32 Å². The summed E-state index contributed by atoms with van der Waals surface area (Å²) in [7, 11) is 0. The number of carbonyl (C=O) groups excluding carboxylic acids is 1. The highest BCUT2D eigenvalue weighted by Gasteiger charge is 2.19. The third-order valence-electron chi connectivity index (χ3n) is 4.36. The topological polar surface area (TPSA) is 63.5 Å². The summed E-state index contributed by atoms with van der Waals surface area (Å²) in [6, 6.07) is 7.25. The van der Waals surface area contributed by atoms with Crippen LogP contribution in [0.3, 0.4) is 0 Å². The van der Waals surface area contributed by atoms with E-state index in [4.69, 9.17) is 0 Å². The predicted molar refractivity (Wildman–Crippen MR) is 95.1 cm³/mol. The first kappa shape index (κ1) is 15.1. The van der Waals surface area contributed by atoms with Gasteiger partial charge in [-0.25, -0.2) is 4.98 Å². The molecule has 1 aliphatic carbocycles. The number of thiazole rings is 1. The number of aromatic nitrogens is 2. The molecule has 0 bridgehead atoms. The standard InChI is InChI=1S/C18H17N3O2S/c1-11-6-8-12(9-7-11)16(22)20-13-10-19-18-21(17(13)23)14-4-2-3-5-15(14)24-18/h6-10H,2-5H2,1H3,(H,20,22). The first-order valence-electron chi connectivity index (χ1n) is 8.04. The minimum absolute atomic E-state index is 0.195. The average molecular weight is 339 g/mol. The largest absolute Gasteiger partial charge is 0.316 e. The maximum absolute atomic E-state index is 12.8. The van der Waals surface area contributed by atoms with Crippen molar-refractivity contribution < 1.29 is 4.79 Å². The summed E-state index contributed by atoms with van der Waals surface area (Å²) in [4.78, 5) is 31.5. The molecule has 1 aliphatic rings. The van der Waals surface area contributed by atoms with E-state index in [1.807, 2.05) is 19.1 Å². The fraction of sp³-hybridized carbons (Fsp3) is 0.278. The Bertz CT molecular complexity index is 986. The summed E-state index contributed by atoms with van der Waals surface area (Å²) in [5.41, 5.74) is 2.70. The molecule has 2 aromatic heterocycles. The van der Waals surface area contributed by atoms with E-state index in [1.165, 1.54) is 11.1 Å². The molecule has 1 aromatic carbocycles. The second-order valence-corrected chi connectivity index (χ2v) is 7.16. The van der Waals surface area contributed by atoms with Crippen molar-refractivity contribution in [2.45, 2.75) is 32.6 Å². The first-order chi connectivity index (χ1) is 11.6. The fourth-order valence-corrected chi connectivity index (χ4v) is 4.22. The van der Waals surface area contributed by atoms with Crippen molar-refractivity contribution in [3.8, 4) is 0 Å². The summed E-state index contributed by atoms with van der Waals surface area (Å²) in [6.45, 7) is 1.96. The lowest BCUT2D eigenvalue weighted by molar-refractivity contribution is 0.102. The Kier molecular flexibility index (Phi) is 3.69. The molecule has 0 fully saturated rings. The van der Waals surface area contributed by atoms with Crippen LogP contribution in [0.2, 0.25) is 0 Å². The molecule has 24 heavy (non-hydrogen) atoms. The smallest absolute Gasteiger partial charge is 0.282 e. The zero-order valence-corrected chi connectivity index (χ0v) is 14.2. The minimum atomic E-state index is -0.294. The van der Waals surface area contributed by atoms with Gasteiger partial charge in [0, 0.05) is 16.1 Å². The van der Waals surface area contributed by atoms with Gasteiger partial charge in [0.2, 0.25) is 0 Å². The van der Waals surface area contributed by atoms with Crippen LogP contribution in [0.15, 0.2) is 35.3 Å². The Hall–Kier alpha value is -2.47. The lowest BCUT2D eigenvalue weighted by Crippen LogP contribution is -2.24. The number of benzene rings is 1. The molecule has 1 N–H and O–H groups in total. The minimum Gasteiger partial charge on any atom is -0.316 e. The van der Waals surface area contributed by atoms with E-state index in [-0.39, 0.29) is 17.2 Å². The fourth-order valence-electron chi connectivity index (χ4n) is 3.05. The van der Waals surface area contributed by atoms with Gasteiger partial charge in [0.1, 0.15) is 5.69 Å². The van der Waals surface area contributed by atoms with Gasteiger partial charge >= 0.3 is 0 Å². The van der Waals surface area contributed by atoms with E-state index in [2.05, 4.69) is 10.3 Å². The Labute approximate surface area is 143 Å². The molecule has 0 atom stereocenters. The van der Waals surface area contributed by atoms with Gasteiger partial charge in [-0.1, -0.05) is 17.7 Å². The zero-order chi connectivity index (χ0) is 16.7. The van der Waals surface area contributed by atoms with Crippen LogP contribution in [0, 0.1) is 6.92 Å². The number of carbonyl (C=O) groups is 1. The number of rotatable bonds is 2. The number of hydrogen-bond donors (Lipinski definition) is 1. The lowest BCUT2D eigenvalue weighted by atomic mass is 10.0. The summed E-state index contributed by atoms with van der Waals surface area (Å²) < 4.78 is 1.67. The van der Waals surface area contributed by atoms with Crippen LogP contribution in [0.4, 0.5) is 5.69 Å². The molecule has 1 amide bonds. The van der Waals surface area contributed by atoms with Crippen LogP contribution in [0.1, 0.15) is 39.3 Å². The Morgan fingerprint density at radius 1 is 1.21 bits per heavy atom. The zero-order valence-electron chi connectivity index (χ0n) is 13.3. The van der Waals surface area contributed by atoms with Crippen molar-refractivity contribution in [3.63, 3.8) is 0 Å². The van der Waals surface area contributed by atoms with Crippen LogP contribution in [0.5, 0.6) is 0 Å². The molecule has 5 nitrogen and oxygen atoms in total. The molecule has 0 unspecified atom stereocenters. The van der Waals surface area contributed by atoms with Crippen molar-refractivity contribution in [1.82, 2.24) is 9.38 Å². The van der Waals surface area contributed by atoms with Gasteiger partial charge in [0.15, 0.2) is 4.96 Å². The van der Waals surface area contributed by atoms with E-state index in [0.29, 0.717) is 10.5 Å². The first-order valence-corrected chi connectivity index (χ1v) is 8.85. The van der Waals surface area contributed by atoms with Crippen LogP contribution < -0.4 is 10.9 Å². The molecule has 0 saturated heterocycles. The van der Waals surface area contributed by atoms with Crippen molar-refractivity contribution in [1.29, 1.82) is 0 Å². The third-order valence-corrected chi connectivity index (χ3v) is 5.52. The second-order valence-electron chi connectivity index (χ2n) is 6.09. The van der Waals surface area contributed by atoms with Crippen LogP contribution in [-0.4, -0.2) is 15.3 Å². The normalized spacial score (nSPS) is 13.7. The molecule has 0 saturated carbocycles. The SMILES string of the molecule is Cc1ccc(C(=O)Nc2cnc3sc4c(n3c2=O)CCCC4)cc1. The number of amides is 1. The quantitative estimate of drug-likeness (QED) is 0.780. The molecule has 0 aliphatic heterocycles. The summed E-state index contributed by atoms with van der Waals surface area (Å²) in [5.74, 6) is -0.294. The van der Waals surface area contributed by atoms with Gasteiger partial charge in [-0.05, 0) is 44.7 Å². The van der Waals surface area contributed by atoms with Crippen LogP contribution >= 0.6 is 11.3 Å². The monoisotopic (exact) mass is 339 g/mol. The van der Waals surface area contributed by atoms with Gasteiger partial charge in [-0.3, -0.25) is 14.0 Å². The van der Waals surface area contributed by atoms with E-state index >= 15 is 0 Å². The number of anilines is 1. The van der Waals surface area contributed by atoms with E-state index in [1.54, 1.807) is 27.9 Å². The summed E-state index contributed by atoms with van der Waals surface area (Å²) in [6.07, 6.45) is 5.61. The average Bonchev–Trinajstić information content (AvgIpc) is 2.97. The van der Waals surface area contributed by atoms with Gasteiger partial charge in [0.25, 0.3) is 11.5 Å². The molecule has 0 radical (unpaired) electrons. The molecule has 6 heteroatoms. The van der Waals surface area contributed by atoms with E-state index in [9.17, 15) is 9.59 Å². The molecular formula is C18H17N3O2S. The molecule has 2 heterocycles. The molecule has 3 aromatic rings. The van der Waals surface area contributed by atoms with E-state index < -0.39 is 0 Å². The lowest BCUT2D eigenvalue weighted by Gasteiger charge is -2.11. The molecular weight excluding hydrogens is 322 g/mol. The van der Waals surface area contributed by atoms with Crippen molar-refractivity contribution in [2.75, 3.05) is 5.32 Å².